The van der Waals surface area contributed by atoms with Crippen molar-refractivity contribution < 1.29 is 4.79 Å². The lowest BCUT2D eigenvalue weighted by atomic mass is 9.93. The van der Waals surface area contributed by atoms with Crippen LogP contribution in [0.1, 0.15) is 44.1 Å². The van der Waals surface area contributed by atoms with Gasteiger partial charge in [-0.2, -0.15) is 0 Å². The molecule has 1 amide bonds. The van der Waals surface area contributed by atoms with E-state index in [4.69, 9.17) is 0 Å². The van der Waals surface area contributed by atoms with Crippen molar-refractivity contribution in [3.63, 3.8) is 0 Å². The van der Waals surface area contributed by atoms with Crippen LogP contribution in [0.5, 0.6) is 0 Å². The molecule has 0 aliphatic carbocycles. The Labute approximate surface area is 146 Å². The van der Waals surface area contributed by atoms with Crippen LogP contribution in [0.2, 0.25) is 0 Å². The van der Waals surface area contributed by atoms with Gasteiger partial charge in [0.2, 0.25) is 5.91 Å². The number of piperidine rings is 2. The van der Waals surface area contributed by atoms with Crippen molar-refractivity contribution in [1.29, 1.82) is 0 Å². The van der Waals surface area contributed by atoms with E-state index < -0.39 is 0 Å². The lowest BCUT2D eigenvalue weighted by Gasteiger charge is -2.29. The molecule has 0 spiro atoms. The van der Waals surface area contributed by atoms with Gasteiger partial charge in [0, 0.05) is 31.7 Å². The molecule has 0 bridgehead atoms. The number of hydrogen-bond donors (Lipinski definition) is 1. The number of likely N-dealkylation sites (tertiary alicyclic amines) is 1. The largest absolute Gasteiger partial charge is 0.372 e. The Balaban J connectivity index is 1.41. The zero-order chi connectivity index (χ0) is 16.8. The van der Waals surface area contributed by atoms with Crippen LogP contribution in [0.4, 0.5) is 5.69 Å². The van der Waals surface area contributed by atoms with Crippen LogP contribution >= 0.6 is 0 Å². The first-order valence-electron chi connectivity index (χ1n) is 9.50. The molecule has 2 aliphatic heterocycles. The summed E-state index contributed by atoms with van der Waals surface area (Å²) in [5.74, 6) is 0.757. The van der Waals surface area contributed by atoms with Crippen LogP contribution < -0.4 is 10.2 Å². The van der Waals surface area contributed by atoms with E-state index in [-0.39, 0.29) is 5.91 Å². The number of anilines is 1. The maximum atomic E-state index is 12.1. The van der Waals surface area contributed by atoms with Crippen LogP contribution in [-0.4, -0.2) is 44.0 Å². The van der Waals surface area contributed by atoms with E-state index in [0.29, 0.717) is 18.9 Å². The van der Waals surface area contributed by atoms with Gasteiger partial charge in [-0.25, -0.2) is 0 Å². The van der Waals surface area contributed by atoms with Crippen LogP contribution in [0.3, 0.4) is 0 Å². The standard InChI is InChI=1S/C20H31N3O/c1-22-13-9-17(10-14-22)15-20(24)21-16-18-5-7-19(8-6-18)23-11-3-2-4-12-23/h5-8,17H,2-4,9-16H2,1H3,(H,21,24). The van der Waals surface area contributed by atoms with Gasteiger partial charge < -0.3 is 15.1 Å². The number of rotatable bonds is 5. The van der Waals surface area contributed by atoms with Crippen molar-refractivity contribution in [2.24, 2.45) is 5.92 Å². The molecule has 0 unspecified atom stereocenters. The molecule has 0 radical (unpaired) electrons. The molecule has 1 aromatic carbocycles. The van der Waals surface area contributed by atoms with Crippen molar-refractivity contribution in [2.45, 2.75) is 45.1 Å². The Morgan fingerprint density at radius 1 is 1.04 bits per heavy atom. The topological polar surface area (TPSA) is 35.6 Å². The molecule has 4 heteroatoms. The monoisotopic (exact) mass is 329 g/mol. The third kappa shape index (κ3) is 4.97. The Kier molecular flexibility index (Phi) is 6.13. The van der Waals surface area contributed by atoms with Gasteiger partial charge in [0.25, 0.3) is 0 Å². The molecule has 1 N–H and O–H groups in total. The van der Waals surface area contributed by atoms with E-state index in [9.17, 15) is 4.79 Å². The van der Waals surface area contributed by atoms with Gasteiger partial charge >= 0.3 is 0 Å². The minimum atomic E-state index is 0.199. The highest BCUT2D eigenvalue weighted by Crippen LogP contribution is 2.21. The molecule has 0 aromatic heterocycles. The molecular weight excluding hydrogens is 298 g/mol. The average molecular weight is 329 g/mol. The number of benzene rings is 1. The highest BCUT2D eigenvalue weighted by atomic mass is 16.1. The minimum absolute atomic E-state index is 0.199. The Morgan fingerprint density at radius 2 is 1.71 bits per heavy atom. The summed E-state index contributed by atoms with van der Waals surface area (Å²) in [4.78, 5) is 17.0. The number of nitrogens with zero attached hydrogens (tertiary/aromatic N) is 2. The lowest BCUT2D eigenvalue weighted by molar-refractivity contribution is -0.122. The number of hydrogen-bond acceptors (Lipinski definition) is 3. The first-order chi connectivity index (χ1) is 11.7. The van der Waals surface area contributed by atoms with Crippen molar-refractivity contribution in [2.75, 3.05) is 38.1 Å². The summed E-state index contributed by atoms with van der Waals surface area (Å²) in [6.07, 6.45) is 6.93. The van der Waals surface area contributed by atoms with Gasteiger partial charge in [-0.3, -0.25) is 4.79 Å². The Morgan fingerprint density at radius 3 is 2.38 bits per heavy atom. The molecule has 2 saturated heterocycles. The molecule has 2 aliphatic rings. The molecule has 2 fully saturated rings. The first kappa shape index (κ1) is 17.3. The van der Waals surface area contributed by atoms with E-state index in [1.807, 2.05) is 0 Å². The predicted octanol–water partition coefficient (Wildman–Crippen LogP) is 3.03. The second kappa shape index (κ2) is 8.52. The van der Waals surface area contributed by atoms with Crippen LogP contribution in [-0.2, 0) is 11.3 Å². The summed E-state index contributed by atoms with van der Waals surface area (Å²) < 4.78 is 0. The number of carbonyl (C=O) groups is 1. The average Bonchev–Trinajstić information content (AvgIpc) is 2.63. The lowest BCUT2D eigenvalue weighted by Crippen LogP contribution is -2.33. The smallest absolute Gasteiger partial charge is 0.220 e. The molecule has 24 heavy (non-hydrogen) atoms. The van der Waals surface area contributed by atoms with E-state index in [2.05, 4.69) is 46.4 Å². The Hall–Kier alpha value is -1.55. The molecule has 3 rings (SSSR count). The minimum Gasteiger partial charge on any atom is -0.372 e. The highest BCUT2D eigenvalue weighted by molar-refractivity contribution is 5.76. The summed E-state index contributed by atoms with van der Waals surface area (Å²) in [6, 6.07) is 8.70. The van der Waals surface area contributed by atoms with Gasteiger partial charge in [0.15, 0.2) is 0 Å². The van der Waals surface area contributed by atoms with Gasteiger partial charge in [0.05, 0.1) is 0 Å². The van der Waals surface area contributed by atoms with E-state index in [1.165, 1.54) is 43.6 Å². The zero-order valence-electron chi connectivity index (χ0n) is 15.0. The summed E-state index contributed by atoms with van der Waals surface area (Å²) in [5.41, 5.74) is 2.50. The number of carbonyl (C=O) groups excluding carboxylic acids is 1. The molecule has 4 nitrogen and oxygen atoms in total. The van der Waals surface area contributed by atoms with Crippen molar-refractivity contribution in [3.8, 4) is 0 Å². The SMILES string of the molecule is CN1CCC(CC(=O)NCc2ccc(N3CCCCC3)cc2)CC1. The van der Waals surface area contributed by atoms with Crippen molar-refractivity contribution >= 4 is 11.6 Å². The van der Waals surface area contributed by atoms with Crippen LogP contribution in [0.25, 0.3) is 0 Å². The fraction of sp³-hybridized carbons (Fsp3) is 0.650. The third-order valence-electron chi connectivity index (χ3n) is 5.46. The van der Waals surface area contributed by atoms with Crippen LogP contribution in [0.15, 0.2) is 24.3 Å². The number of amides is 1. The van der Waals surface area contributed by atoms with Gasteiger partial charge in [-0.1, -0.05) is 12.1 Å². The second-order valence-corrected chi connectivity index (χ2v) is 7.44. The van der Waals surface area contributed by atoms with Crippen LogP contribution in [0, 0.1) is 5.92 Å². The maximum Gasteiger partial charge on any atom is 0.220 e. The predicted molar refractivity (Wildman–Crippen MR) is 99.2 cm³/mol. The Bertz CT molecular complexity index is 514. The molecule has 0 atom stereocenters. The molecular formula is C20H31N3O. The molecule has 2 heterocycles. The zero-order valence-corrected chi connectivity index (χ0v) is 15.0. The van der Waals surface area contributed by atoms with Gasteiger partial charge in [0.1, 0.15) is 0 Å². The van der Waals surface area contributed by atoms with E-state index in [1.54, 1.807) is 0 Å². The quantitative estimate of drug-likeness (QED) is 0.902. The van der Waals surface area contributed by atoms with E-state index >= 15 is 0 Å². The highest BCUT2D eigenvalue weighted by Gasteiger charge is 2.19. The van der Waals surface area contributed by atoms with E-state index in [0.717, 1.165) is 25.9 Å². The first-order valence-corrected chi connectivity index (χ1v) is 9.50. The summed E-state index contributed by atoms with van der Waals surface area (Å²) in [6.45, 7) is 5.23. The fourth-order valence-corrected chi connectivity index (χ4v) is 3.78. The van der Waals surface area contributed by atoms with Crippen molar-refractivity contribution in [1.82, 2.24) is 10.2 Å². The summed E-state index contributed by atoms with van der Waals surface area (Å²) >= 11 is 0. The molecule has 132 valence electrons. The normalized spacial score (nSPS) is 20.1. The number of nitrogens with one attached hydrogen (secondary N) is 1. The third-order valence-corrected chi connectivity index (χ3v) is 5.46. The summed E-state index contributed by atoms with van der Waals surface area (Å²) in [5, 5.41) is 3.09. The van der Waals surface area contributed by atoms with Gasteiger partial charge in [-0.15, -0.1) is 0 Å². The van der Waals surface area contributed by atoms with Crippen molar-refractivity contribution in [3.05, 3.63) is 29.8 Å². The molecule has 0 saturated carbocycles. The maximum absolute atomic E-state index is 12.1. The summed E-state index contributed by atoms with van der Waals surface area (Å²) in [7, 11) is 2.16. The fourth-order valence-electron chi connectivity index (χ4n) is 3.78. The second-order valence-electron chi connectivity index (χ2n) is 7.44. The molecule has 1 aromatic rings. The van der Waals surface area contributed by atoms with Gasteiger partial charge in [-0.05, 0) is 75.9 Å².